The van der Waals surface area contributed by atoms with E-state index in [1.165, 1.54) is 0 Å². The quantitative estimate of drug-likeness (QED) is 0.490. The molecule has 0 atom stereocenters. The Morgan fingerprint density at radius 2 is 1.78 bits per heavy atom. The Morgan fingerprint density at radius 1 is 1.06 bits per heavy atom. The molecule has 0 unspecified atom stereocenters. The first-order valence-electron chi connectivity index (χ1n) is 10.7. The molecule has 0 N–H and O–H groups in total. The highest BCUT2D eigenvalue weighted by Gasteiger charge is 2.28. The first kappa shape index (κ1) is 20.0. The molecule has 2 aromatic heterocycles. The molecule has 1 fully saturated rings. The third kappa shape index (κ3) is 3.25. The second kappa shape index (κ2) is 7.97. The zero-order valence-electron chi connectivity index (χ0n) is 18.1. The van der Waals surface area contributed by atoms with Crippen LogP contribution in [0, 0.1) is 18.3 Å². The maximum atomic E-state index is 12.8. The topological polar surface area (TPSA) is 88.0 Å². The zero-order chi connectivity index (χ0) is 22.2. The summed E-state index contributed by atoms with van der Waals surface area (Å²) in [4.78, 5) is 15.0. The van der Waals surface area contributed by atoms with Crippen LogP contribution in [0.1, 0.15) is 35.8 Å². The van der Waals surface area contributed by atoms with Crippen molar-refractivity contribution in [2.75, 3.05) is 18.0 Å². The number of aryl methyl sites for hydroxylation is 2. The normalized spacial score (nSPS) is 14.6. The highest BCUT2D eigenvalue weighted by Crippen LogP contribution is 2.35. The summed E-state index contributed by atoms with van der Waals surface area (Å²) in [6.45, 7) is 3.44. The second-order valence-electron chi connectivity index (χ2n) is 8.24. The Bertz CT molecular complexity index is 1400. The first-order valence-corrected chi connectivity index (χ1v) is 10.7. The van der Waals surface area contributed by atoms with Gasteiger partial charge in [0.15, 0.2) is 0 Å². The van der Waals surface area contributed by atoms with Gasteiger partial charge in [-0.25, -0.2) is 0 Å². The predicted molar refractivity (Wildman–Crippen MR) is 123 cm³/mol. The van der Waals surface area contributed by atoms with Crippen LogP contribution in [0.5, 0.6) is 0 Å². The van der Waals surface area contributed by atoms with Crippen molar-refractivity contribution < 1.29 is 4.42 Å². The Labute approximate surface area is 185 Å². The van der Waals surface area contributed by atoms with Gasteiger partial charge in [-0.2, -0.15) is 5.26 Å². The van der Waals surface area contributed by atoms with Crippen LogP contribution in [-0.2, 0) is 7.05 Å². The SMILES string of the molecule is Cc1ccccc1-c1nnc(C2CCN(c3c(C#N)c(=O)n(C)c4ccccc34)CC2)o1. The Kier molecular flexibility index (Phi) is 4.98. The van der Waals surface area contributed by atoms with E-state index >= 15 is 0 Å². The molecule has 0 radical (unpaired) electrons. The summed E-state index contributed by atoms with van der Waals surface area (Å²) in [5.41, 5.74) is 3.55. The van der Waals surface area contributed by atoms with E-state index in [9.17, 15) is 10.1 Å². The van der Waals surface area contributed by atoms with Crippen molar-refractivity contribution in [3.8, 4) is 17.5 Å². The van der Waals surface area contributed by atoms with E-state index in [1.54, 1.807) is 11.6 Å². The summed E-state index contributed by atoms with van der Waals surface area (Å²) >= 11 is 0. The number of para-hydroxylation sites is 1. The molecule has 2 aromatic carbocycles. The molecule has 0 amide bonds. The van der Waals surface area contributed by atoms with Gasteiger partial charge < -0.3 is 13.9 Å². The lowest BCUT2D eigenvalue weighted by Crippen LogP contribution is -2.35. The van der Waals surface area contributed by atoms with E-state index in [4.69, 9.17) is 4.42 Å². The second-order valence-corrected chi connectivity index (χ2v) is 8.24. The molecular weight excluding hydrogens is 402 g/mol. The fraction of sp³-hybridized carbons (Fsp3) is 0.280. The average Bonchev–Trinajstić information content (AvgIpc) is 3.32. The van der Waals surface area contributed by atoms with Crippen molar-refractivity contribution >= 4 is 16.6 Å². The smallest absolute Gasteiger partial charge is 0.270 e. The molecule has 0 bridgehead atoms. The molecule has 0 spiro atoms. The van der Waals surface area contributed by atoms with E-state index in [1.807, 2.05) is 55.5 Å². The van der Waals surface area contributed by atoms with Gasteiger partial charge in [0.2, 0.25) is 11.8 Å². The van der Waals surface area contributed by atoms with Gasteiger partial charge in [-0.05, 0) is 37.5 Å². The van der Waals surface area contributed by atoms with Gasteiger partial charge in [-0.1, -0.05) is 36.4 Å². The van der Waals surface area contributed by atoms with Gasteiger partial charge in [0.1, 0.15) is 11.6 Å². The minimum absolute atomic E-state index is 0.153. The minimum Gasteiger partial charge on any atom is -0.420 e. The monoisotopic (exact) mass is 425 g/mol. The Morgan fingerprint density at radius 3 is 2.53 bits per heavy atom. The number of piperidine rings is 1. The van der Waals surface area contributed by atoms with Crippen molar-refractivity contribution in [1.29, 1.82) is 5.26 Å². The molecule has 1 aliphatic rings. The lowest BCUT2D eigenvalue weighted by atomic mass is 9.95. The molecule has 7 nitrogen and oxygen atoms in total. The fourth-order valence-corrected chi connectivity index (χ4v) is 4.58. The lowest BCUT2D eigenvalue weighted by molar-refractivity contribution is 0.398. The van der Waals surface area contributed by atoms with Gasteiger partial charge in [0, 0.05) is 37.0 Å². The Hall–Kier alpha value is -3.92. The Balaban J connectivity index is 1.42. The van der Waals surface area contributed by atoms with Crippen LogP contribution in [0.3, 0.4) is 0 Å². The summed E-state index contributed by atoms with van der Waals surface area (Å²) in [5.74, 6) is 1.35. The van der Waals surface area contributed by atoms with Crippen molar-refractivity contribution in [3.05, 3.63) is 75.9 Å². The highest BCUT2D eigenvalue weighted by atomic mass is 16.4. The van der Waals surface area contributed by atoms with E-state index < -0.39 is 0 Å². The average molecular weight is 425 g/mol. The molecule has 5 rings (SSSR count). The van der Waals surface area contributed by atoms with Gasteiger partial charge in [0.25, 0.3) is 5.56 Å². The number of pyridine rings is 1. The predicted octanol–water partition coefficient (Wildman–Crippen LogP) is 4.15. The van der Waals surface area contributed by atoms with E-state index in [0.29, 0.717) is 24.9 Å². The standard InChI is InChI=1S/C25H23N5O2/c1-16-7-3-4-8-18(16)24-28-27-23(32-24)17-11-13-30(14-12-17)22-19-9-5-6-10-21(19)29(2)25(31)20(22)15-26/h3-10,17H,11-14H2,1-2H3. The number of anilines is 1. The van der Waals surface area contributed by atoms with Crippen molar-refractivity contribution in [1.82, 2.24) is 14.8 Å². The minimum atomic E-state index is -0.261. The van der Waals surface area contributed by atoms with Crippen molar-refractivity contribution in [2.45, 2.75) is 25.7 Å². The summed E-state index contributed by atoms with van der Waals surface area (Å²) < 4.78 is 7.59. The van der Waals surface area contributed by atoms with Gasteiger partial charge in [-0.3, -0.25) is 4.79 Å². The fourth-order valence-electron chi connectivity index (χ4n) is 4.58. The van der Waals surface area contributed by atoms with E-state index in [-0.39, 0.29) is 17.0 Å². The van der Waals surface area contributed by atoms with Gasteiger partial charge in [0.05, 0.1) is 11.2 Å². The number of hydrogen-bond acceptors (Lipinski definition) is 6. The number of nitriles is 1. The van der Waals surface area contributed by atoms with Crippen LogP contribution in [0.15, 0.2) is 57.7 Å². The summed E-state index contributed by atoms with van der Waals surface area (Å²) in [5, 5.41) is 19.3. The van der Waals surface area contributed by atoms with Crippen LogP contribution in [0.2, 0.25) is 0 Å². The molecule has 0 aliphatic carbocycles. The molecule has 3 heterocycles. The molecular formula is C25H23N5O2. The number of nitrogens with zero attached hydrogens (tertiary/aromatic N) is 5. The van der Waals surface area contributed by atoms with Crippen LogP contribution >= 0.6 is 0 Å². The lowest BCUT2D eigenvalue weighted by Gasteiger charge is -2.33. The number of hydrogen-bond donors (Lipinski definition) is 0. The van der Waals surface area contributed by atoms with Gasteiger partial charge >= 0.3 is 0 Å². The van der Waals surface area contributed by atoms with E-state index in [0.717, 1.165) is 40.6 Å². The number of aromatic nitrogens is 3. The molecule has 7 heteroatoms. The molecule has 0 saturated carbocycles. The zero-order valence-corrected chi connectivity index (χ0v) is 18.1. The summed E-state index contributed by atoms with van der Waals surface area (Å²) in [7, 11) is 1.71. The molecule has 4 aromatic rings. The first-order chi connectivity index (χ1) is 15.6. The van der Waals surface area contributed by atoms with E-state index in [2.05, 4.69) is 21.2 Å². The summed E-state index contributed by atoms with van der Waals surface area (Å²) in [6, 6.07) is 17.9. The van der Waals surface area contributed by atoms with Crippen LogP contribution in [0.4, 0.5) is 5.69 Å². The van der Waals surface area contributed by atoms with Crippen molar-refractivity contribution in [3.63, 3.8) is 0 Å². The highest BCUT2D eigenvalue weighted by molar-refractivity contribution is 5.94. The molecule has 32 heavy (non-hydrogen) atoms. The third-order valence-corrected chi connectivity index (χ3v) is 6.36. The van der Waals surface area contributed by atoms with Gasteiger partial charge in [-0.15, -0.1) is 10.2 Å². The van der Waals surface area contributed by atoms with Crippen molar-refractivity contribution in [2.24, 2.45) is 7.05 Å². The maximum absolute atomic E-state index is 12.8. The number of rotatable bonds is 3. The summed E-state index contributed by atoms with van der Waals surface area (Å²) in [6.07, 6.45) is 1.62. The van der Waals surface area contributed by atoms with Crippen LogP contribution in [0.25, 0.3) is 22.4 Å². The number of fused-ring (bicyclic) bond motifs is 1. The molecule has 1 saturated heterocycles. The number of benzene rings is 2. The molecule has 1 aliphatic heterocycles. The van der Waals surface area contributed by atoms with Crippen LogP contribution in [-0.4, -0.2) is 27.9 Å². The maximum Gasteiger partial charge on any atom is 0.270 e. The van der Waals surface area contributed by atoms with Crippen LogP contribution < -0.4 is 10.5 Å². The molecule has 160 valence electrons. The third-order valence-electron chi connectivity index (χ3n) is 6.36. The largest absolute Gasteiger partial charge is 0.420 e.